The summed E-state index contributed by atoms with van der Waals surface area (Å²) in [5.74, 6) is -2.36. The van der Waals surface area contributed by atoms with Crippen molar-refractivity contribution in [3.05, 3.63) is 74.5 Å². The molecule has 1 N–H and O–H groups in total. The number of rotatable bonds is 5. The molecular formula is C26H22FN3O6S2. The van der Waals surface area contributed by atoms with Gasteiger partial charge in [0.25, 0.3) is 5.91 Å². The number of thiazole rings is 1. The first-order chi connectivity index (χ1) is 18.4. The molecule has 3 aliphatic rings. The molecule has 0 bridgehead atoms. The molecule has 38 heavy (non-hydrogen) atoms. The highest BCUT2D eigenvalue weighted by Gasteiger charge is 2.56. The second-order valence-electron chi connectivity index (χ2n) is 9.09. The third-order valence-corrected chi connectivity index (χ3v) is 9.25. The van der Waals surface area contributed by atoms with Crippen LogP contribution in [0.15, 0.2) is 58.4 Å². The molecule has 3 aromatic rings. The number of imide groups is 1. The summed E-state index contributed by atoms with van der Waals surface area (Å²) >= 11 is 2.18. The second-order valence-corrected chi connectivity index (χ2v) is 11.3. The van der Waals surface area contributed by atoms with Gasteiger partial charge in [-0.2, -0.15) is 0 Å². The fraction of sp³-hybridized carbons (Fsp3) is 0.308. The maximum absolute atomic E-state index is 13.7. The Balaban J connectivity index is 1.32. The van der Waals surface area contributed by atoms with E-state index in [2.05, 4.69) is 4.98 Å². The minimum Gasteiger partial charge on any atom is -0.484 e. The molecule has 0 spiro atoms. The molecule has 2 fully saturated rings. The number of halogens is 1. The zero-order chi connectivity index (χ0) is 26.4. The lowest BCUT2D eigenvalue weighted by Crippen LogP contribution is -2.42. The topological polar surface area (TPSA) is 109 Å². The number of carbonyl (C=O) groups is 3. The van der Waals surface area contributed by atoms with Crippen LogP contribution in [0.3, 0.4) is 0 Å². The molecule has 2 aromatic carbocycles. The summed E-state index contributed by atoms with van der Waals surface area (Å²) in [5, 5.41) is -0.204. The van der Waals surface area contributed by atoms with E-state index in [1.165, 1.54) is 36.0 Å². The molecule has 0 aliphatic carbocycles. The molecule has 12 heteroatoms. The fourth-order valence-corrected chi connectivity index (χ4v) is 7.58. The number of thioether (sulfide) groups is 1. The van der Waals surface area contributed by atoms with Gasteiger partial charge in [0.05, 0.1) is 29.8 Å². The summed E-state index contributed by atoms with van der Waals surface area (Å²) in [6.45, 7) is 1.87. The molecule has 0 saturated carbocycles. The van der Waals surface area contributed by atoms with Crippen molar-refractivity contribution in [2.24, 2.45) is 5.92 Å². The van der Waals surface area contributed by atoms with Crippen molar-refractivity contribution in [2.45, 2.75) is 16.2 Å². The number of nitrogens with zero attached hydrogens (tertiary/aromatic N) is 2. The van der Waals surface area contributed by atoms with Crippen LogP contribution in [0.1, 0.15) is 16.4 Å². The van der Waals surface area contributed by atoms with E-state index in [0.29, 0.717) is 53.2 Å². The van der Waals surface area contributed by atoms with Gasteiger partial charge in [0, 0.05) is 23.9 Å². The highest BCUT2D eigenvalue weighted by Crippen LogP contribution is 2.53. The molecule has 2 unspecified atom stereocenters. The number of ether oxygens (including phenoxy) is 2. The van der Waals surface area contributed by atoms with E-state index in [4.69, 9.17) is 9.47 Å². The Morgan fingerprint density at radius 3 is 2.61 bits per heavy atom. The maximum atomic E-state index is 13.7. The smallest absolute Gasteiger partial charge is 0.305 e. The average molecular weight is 556 g/mol. The van der Waals surface area contributed by atoms with Crippen molar-refractivity contribution in [3.8, 4) is 5.75 Å². The Bertz CT molecular complexity index is 1470. The molecule has 6 rings (SSSR count). The third-order valence-electron chi connectivity index (χ3n) is 6.85. The van der Waals surface area contributed by atoms with E-state index >= 15 is 0 Å². The number of hydrogen-bond donors (Lipinski definition) is 1. The van der Waals surface area contributed by atoms with E-state index < -0.39 is 34.7 Å². The number of H-pyrrole nitrogens is 1. The SMILES string of the molecule is O=C(COc1cccc([C@H]2c3sc(=O)[nH]c3SC3C(=O)N(c4ccc(F)cc4)C(=O)C32)c1)N1CCOCC1. The van der Waals surface area contributed by atoms with Crippen molar-refractivity contribution in [1.82, 2.24) is 9.88 Å². The van der Waals surface area contributed by atoms with Crippen LogP contribution in [-0.4, -0.2) is 65.8 Å². The van der Waals surface area contributed by atoms with Gasteiger partial charge in [-0.15, -0.1) is 0 Å². The molecule has 3 aliphatic heterocycles. The normalized spacial score (nSPS) is 22.8. The fourth-order valence-electron chi connectivity index (χ4n) is 5.07. The number of benzene rings is 2. The van der Waals surface area contributed by atoms with E-state index in [-0.39, 0.29) is 17.4 Å². The van der Waals surface area contributed by atoms with Gasteiger partial charge in [0.1, 0.15) is 16.8 Å². The first-order valence-electron chi connectivity index (χ1n) is 12.0. The van der Waals surface area contributed by atoms with Gasteiger partial charge in [-0.05, 0) is 42.0 Å². The highest BCUT2D eigenvalue weighted by atomic mass is 32.2. The van der Waals surface area contributed by atoms with Gasteiger partial charge in [0.2, 0.25) is 11.8 Å². The zero-order valence-electron chi connectivity index (χ0n) is 19.9. The highest BCUT2D eigenvalue weighted by molar-refractivity contribution is 8.00. The average Bonchev–Trinajstić information content (AvgIpc) is 3.42. The van der Waals surface area contributed by atoms with Gasteiger partial charge in [-0.3, -0.25) is 19.2 Å². The van der Waals surface area contributed by atoms with Crippen molar-refractivity contribution in [2.75, 3.05) is 37.8 Å². The standard InChI is InChI=1S/C26H22FN3O6S2/c27-15-4-6-16(7-5-15)30-24(32)20-19(21-23(28-26(34)38-21)37-22(20)25(30)33)14-2-1-3-17(12-14)36-13-18(31)29-8-10-35-11-9-29/h1-7,12,19-20,22H,8-11,13H2,(H,28,34)/t19-,20?,22?/m1/s1. The number of amides is 3. The Hall–Kier alpha value is -3.48. The number of carbonyl (C=O) groups excluding carboxylic acids is 3. The van der Waals surface area contributed by atoms with Gasteiger partial charge in [0.15, 0.2) is 6.61 Å². The first-order valence-corrected chi connectivity index (χ1v) is 13.7. The molecule has 1 aromatic heterocycles. The van der Waals surface area contributed by atoms with Crippen LogP contribution in [-0.2, 0) is 19.1 Å². The number of aromatic amines is 1. The summed E-state index contributed by atoms with van der Waals surface area (Å²) in [6.07, 6.45) is 0. The lowest BCUT2D eigenvalue weighted by atomic mass is 9.83. The van der Waals surface area contributed by atoms with Crippen molar-refractivity contribution < 1.29 is 28.2 Å². The molecule has 3 atom stereocenters. The van der Waals surface area contributed by atoms with E-state index in [1.807, 2.05) is 6.07 Å². The zero-order valence-corrected chi connectivity index (χ0v) is 21.6. The molecule has 196 valence electrons. The lowest BCUT2D eigenvalue weighted by molar-refractivity contribution is -0.137. The number of fused-ring (bicyclic) bond motifs is 2. The van der Waals surface area contributed by atoms with Crippen LogP contribution < -0.4 is 14.5 Å². The number of aromatic nitrogens is 1. The number of morpholine rings is 1. The van der Waals surface area contributed by atoms with Gasteiger partial charge < -0.3 is 19.4 Å². The lowest BCUT2D eigenvalue weighted by Gasteiger charge is -2.30. The molecule has 4 heterocycles. The molecule has 3 amide bonds. The number of nitrogens with one attached hydrogen (secondary N) is 1. The Morgan fingerprint density at radius 2 is 1.84 bits per heavy atom. The summed E-state index contributed by atoms with van der Waals surface area (Å²) in [5.41, 5.74) is 0.987. The third kappa shape index (κ3) is 4.42. The van der Waals surface area contributed by atoms with Crippen LogP contribution in [0.25, 0.3) is 0 Å². The minimum atomic E-state index is -0.776. The van der Waals surface area contributed by atoms with Crippen molar-refractivity contribution >= 4 is 46.5 Å². The molecule has 9 nitrogen and oxygen atoms in total. The predicted molar refractivity (Wildman–Crippen MR) is 138 cm³/mol. The minimum absolute atomic E-state index is 0.144. The van der Waals surface area contributed by atoms with Crippen LogP contribution in [0.4, 0.5) is 10.1 Å². The van der Waals surface area contributed by atoms with E-state index in [9.17, 15) is 23.6 Å². The summed E-state index contributed by atoms with van der Waals surface area (Å²) in [7, 11) is 0. The summed E-state index contributed by atoms with van der Waals surface area (Å²) in [6, 6.07) is 12.3. The Morgan fingerprint density at radius 1 is 1.08 bits per heavy atom. The molecular weight excluding hydrogens is 533 g/mol. The molecule has 2 saturated heterocycles. The van der Waals surface area contributed by atoms with Gasteiger partial charge in [-0.25, -0.2) is 9.29 Å². The van der Waals surface area contributed by atoms with Crippen LogP contribution in [0.5, 0.6) is 5.75 Å². The van der Waals surface area contributed by atoms with Gasteiger partial charge >= 0.3 is 4.87 Å². The van der Waals surface area contributed by atoms with Crippen LogP contribution >= 0.6 is 23.1 Å². The quantitative estimate of drug-likeness (QED) is 0.482. The summed E-state index contributed by atoms with van der Waals surface area (Å²) < 4.78 is 24.6. The largest absolute Gasteiger partial charge is 0.484 e. The van der Waals surface area contributed by atoms with E-state index in [0.717, 1.165) is 16.2 Å². The monoisotopic (exact) mass is 555 g/mol. The number of anilines is 1. The van der Waals surface area contributed by atoms with Crippen LogP contribution in [0.2, 0.25) is 0 Å². The Kier molecular flexibility index (Phi) is 6.54. The van der Waals surface area contributed by atoms with Crippen LogP contribution in [0, 0.1) is 11.7 Å². The second kappa shape index (κ2) is 10.0. The molecule has 0 radical (unpaired) electrons. The Labute approximate surface area is 224 Å². The van der Waals surface area contributed by atoms with E-state index in [1.54, 1.807) is 23.1 Å². The maximum Gasteiger partial charge on any atom is 0.305 e. The predicted octanol–water partition coefficient (Wildman–Crippen LogP) is 2.61. The van der Waals surface area contributed by atoms with Gasteiger partial charge in [-0.1, -0.05) is 35.2 Å². The van der Waals surface area contributed by atoms with Crippen molar-refractivity contribution in [3.63, 3.8) is 0 Å². The number of hydrogen-bond acceptors (Lipinski definition) is 8. The summed E-state index contributed by atoms with van der Waals surface area (Å²) in [4.78, 5) is 58.0. The van der Waals surface area contributed by atoms with Crippen molar-refractivity contribution in [1.29, 1.82) is 0 Å². The first kappa shape index (κ1) is 24.8.